The summed E-state index contributed by atoms with van der Waals surface area (Å²) in [6.07, 6.45) is 10.8. The number of pyridine rings is 1. The van der Waals surface area contributed by atoms with Gasteiger partial charge in [0.15, 0.2) is 5.82 Å². The zero-order valence-electron chi connectivity index (χ0n) is 25.0. The molecule has 0 bridgehead atoms. The van der Waals surface area contributed by atoms with E-state index in [1.165, 1.54) is 25.3 Å². The average Bonchev–Trinajstić information content (AvgIpc) is 3.43. The first-order chi connectivity index (χ1) is 21.3. The van der Waals surface area contributed by atoms with E-state index in [1.807, 2.05) is 65.2 Å². The van der Waals surface area contributed by atoms with Gasteiger partial charge in [-0.25, -0.2) is 9.67 Å². The Morgan fingerprint density at radius 3 is 2.43 bits per heavy atom. The van der Waals surface area contributed by atoms with Crippen LogP contribution in [-0.4, -0.2) is 70.1 Å². The van der Waals surface area contributed by atoms with Gasteiger partial charge in [-0.05, 0) is 67.9 Å². The van der Waals surface area contributed by atoms with E-state index in [1.54, 1.807) is 31.5 Å². The van der Waals surface area contributed by atoms with E-state index >= 15 is 0 Å². The van der Waals surface area contributed by atoms with Crippen LogP contribution in [0, 0.1) is 0 Å². The predicted octanol–water partition coefficient (Wildman–Crippen LogP) is 4.28. The minimum absolute atomic E-state index is 0.195. The fourth-order valence-corrected chi connectivity index (χ4v) is 6.30. The highest BCUT2D eigenvalue weighted by molar-refractivity contribution is 6.06. The number of hydrogen-bond donors (Lipinski definition) is 3. The number of fused-ring (bicyclic) bond motifs is 1. The van der Waals surface area contributed by atoms with E-state index in [9.17, 15) is 14.4 Å². The van der Waals surface area contributed by atoms with Gasteiger partial charge in [-0.2, -0.15) is 5.10 Å². The third kappa shape index (κ3) is 5.98. The molecule has 2 aromatic heterocycles. The van der Waals surface area contributed by atoms with Crippen LogP contribution in [-0.2, 0) is 9.59 Å². The SMILES string of the molecule is CNC(=O)C=Cc1ccc(NC(=O)C2(NC(=O)c3ccc4c(C5CCCCC5)n(-c5ccccn5)nc4c3)CN(C)C2)cc1. The first-order valence-corrected chi connectivity index (χ1v) is 15.1. The first-order valence-electron chi connectivity index (χ1n) is 15.1. The molecule has 4 aromatic rings. The van der Waals surface area contributed by atoms with Crippen LogP contribution in [0.2, 0.25) is 0 Å². The number of rotatable bonds is 8. The van der Waals surface area contributed by atoms with E-state index in [0.717, 1.165) is 40.8 Å². The number of carbonyl (C=O) groups is 3. The lowest BCUT2D eigenvalue weighted by atomic mass is 9.85. The highest BCUT2D eigenvalue weighted by Crippen LogP contribution is 2.37. The molecule has 3 heterocycles. The Morgan fingerprint density at radius 2 is 1.75 bits per heavy atom. The lowest BCUT2D eigenvalue weighted by Gasteiger charge is -2.47. The van der Waals surface area contributed by atoms with Crippen LogP contribution < -0.4 is 16.0 Å². The van der Waals surface area contributed by atoms with Gasteiger partial charge in [-0.3, -0.25) is 14.4 Å². The summed E-state index contributed by atoms with van der Waals surface area (Å²) in [5.41, 5.74) is 2.69. The summed E-state index contributed by atoms with van der Waals surface area (Å²) < 4.78 is 1.94. The molecule has 0 atom stereocenters. The second-order valence-corrected chi connectivity index (χ2v) is 11.8. The number of nitrogens with one attached hydrogen (secondary N) is 3. The summed E-state index contributed by atoms with van der Waals surface area (Å²) in [7, 11) is 3.48. The number of aromatic nitrogens is 3. The number of likely N-dealkylation sites (N-methyl/N-ethyl adjacent to an activating group) is 2. The molecule has 1 saturated carbocycles. The van der Waals surface area contributed by atoms with Gasteiger partial charge in [0.1, 0.15) is 5.54 Å². The van der Waals surface area contributed by atoms with Crippen molar-refractivity contribution in [1.29, 1.82) is 0 Å². The molecule has 3 amide bonds. The molecule has 226 valence electrons. The maximum absolute atomic E-state index is 13.6. The molecule has 1 aliphatic carbocycles. The highest BCUT2D eigenvalue weighted by atomic mass is 16.2. The smallest absolute Gasteiger partial charge is 0.252 e. The minimum atomic E-state index is -1.07. The van der Waals surface area contributed by atoms with Gasteiger partial charge >= 0.3 is 0 Å². The quantitative estimate of drug-likeness (QED) is 0.263. The van der Waals surface area contributed by atoms with Gasteiger partial charge in [0.25, 0.3) is 11.8 Å². The number of benzene rings is 2. The van der Waals surface area contributed by atoms with Crippen molar-refractivity contribution in [2.75, 3.05) is 32.5 Å². The molecule has 1 saturated heterocycles. The number of amides is 3. The average molecular weight is 592 g/mol. The van der Waals surface area contributed by atoms with E-state index in [4.69, 9.17) is 5.10 Å². The van der Waals surface area contributed by atoms with Gasteiger partial charge in [0.05, 0.1) is 11.2 Å². The van der Waals surface area contributed by atoms with Crippen molar-refractivity contribution in [2.24, 2.45) is 0 Å². The summed E-state index contributed by atoms with van der Waals surface area (Å²) in [5.74, 6) is 0.349. The molecule has 3 N–H and O–H groups in total. The number of hydrogen-bond acceptors (Lipinski definition) is 6. The van der Waals surface area contributed by atoms with Crippen LogP contribution >= 0.6 is 0 Å². The van der Waals surface area contributed by atoms with Crippen molar-refractivity contribution in [3.05, 3.63) is 89.8 Å². The van der Waals surface area contributed by atoms with Crippen LogP contribution in [0.25, 0.3) is 22.8 Å². The Kier molecular flexibility index (Phi) is 8.25. The zero-order valence-corrected chi connectivity index (χ0v) is 25.0. The molecular weight excluding hydrogens is 554 g/mol. The fraction of sp³-hybridized carbons (Fsp3) is 0.324. The molecule has 2 fully saturated rings. The molecule has 10 heteroatoms. The Hall–Kier alpha value is -4.83. The van der Waals surface area contributed by atoms with Crippen LogP contribution in [0.4, 0.5) is 5.69 Å². The Bertz CT molecular complexity index is 1700. The summed E-state index contributed by atoms with van der Waals surface area (Å²) in [6.45, 7) is 0.778. The molecule has 2 aromatic carbocycles. The van der Waals surface area contributed by atoms with Crippen molar-refractivity contribution < 1.29 is 14.4 Å². The topological polar surface area (TPSA) is 121 Å². The van der Waals surface area contributed by atoms with Crippen molar-refractivity contribution in [2.45, 2.75) is 43.6 Å². The molecule has 10 nitrogen and oxygen atoms in total. The molecule has 2 aliphatic rings. The maximum Gasteiger partial charge on any atom is 0.252 e. The second-order valence-electron chi connectivity index (χ2n) is 11.8. The van der Waals surface area contributed by atoms with Crippen LogP contribution in [0.1, 0.15) is 59.6 Å². The van der Waals surface area contributed by atoms with Crippen LogP contribution in [0.15, 0.2) is 72.9 Å². The lowest BCUT2D eigenvalue weighted by Crippen LogP contribution is -2.74. The molecule has 0 spiro atoms. The summed E-state index contributed by atoms with van der Waals surface area (Å²) in [4.78, 5) is 45.2. The van der Waals surface area contributed by atoms with Crippen molar-refractivity contribution >= 4 is 40.4 Å². The minimum Gasteiger partial charge on any atom is -0.356 e. The standard InChI is InChI=1S/C34H37N7O3/c1-35-30(42)18-13-23-11-15-26(16-12-23)37-33(44)34(21-40(2)22-34)38-32(43)25-14-17-27-28(20-25)39-41(29-10-6-7-19-36-29)31(27)24-8-4-3-5-9-24/h6-7,10-20,24H,3-5,8-9,21-22H2,1-2H3,(H,35,42)(H,37,44)(H,38,43). The van der Waals surface area contributed by atoms with Gasteiger partial charge in [0, 0.05) is 55.0 Å². The lowest BCUT2D eigenvalue weighted by molar-refractivity contribution is -0.128. The molecule has 0 radical (unpaired) electrons. The van der Waals surface area contributed by atoms with E-state index in [-0.39, 0.29) is 17.7 Å². The van der Waals surface area contributed by atoms with Crippen molar-refractivity contribution in [1.82, 2.24) is 30.3 Å². The Balaban J connectivity index is 1.22. The predicted molar refractivity (Wildman–Crippen MR) is 171 cm³/mol. The van der Waals surface area contributed by atoms with E-state index in [0.29, 0.717) is 30.3 Å². The third-order valence-corrected chi connectivity index (χ3v) is 8.54. The largest absolute Gasteiger partial charge is 0.356 e. The summed E-state index contributed by atoms with van der Waals surface area (Å²) in [5, 5.41) is 14.5. The molecular formula is C34H37N7O3. The number of nitrogens with zero attached hydrogens (tertiary/aromatic N) is 4. The summed E-state index contributed by atoms with van der Waals surface area (Å²) in [6, 6.07) is 18.6. The van der Waals surface area contributed by atoms with Gasteiger partial charge in [-0.1, -0.05) is 43.5 Å². The molecule has 6 rings (SSSR count). The Morgan fingerprint density at radius 1 is 0.977 bits per heavy atom. The number of carbonyl (C=O) groups excluding carboxylic acids is 3. The second kappa shape index (κ2) is 12.4. The van der Waals surface area contributed by atoms with Gasteiger partial charge in [-0.15, -0.1) is 0 Å². The highest BCUT2D eigenvalue weighted by Gasteiger charge is 2.49. The molecule has 0 unspecified atom stereocenters. The van der Waals surface area contributed by atoms with Crippen LogP contribution in [0.5, 0.6) is 0 Å². The maximum atomic E-state index is 13.6. The number of likely N-dealkylation sites (tertiary alicyclic amines) is 1. The van der Waals surface area contributed by atoms with Crippen molar-refractivity contribution in [3.8, 4) is 5.82 Å². The summed E-state index contributed by atoms with van der Waals surface area (Å²) >= 11 is 0. The van der Waals surface area contributed by atoms with Crippen LogP contribution in [0.3, 0.4) is 0 Å². The first kappa shape index (κ1) is 29.3. The molecule has 44 heavy (non-hydrogen) atoms. The van der Waals surface area contributed by atoms with Gasteiger partial charge in [0.2, 0.25) is 5.91 Å². The van der Waals surface area contributed by atoms with E-state index < -0.39 is 5.54 Å². The normalized spacial score (nSPS) is 16.9. The number of anilines is 1. The van der Waals surface area contributed by atoms with Gasteiger partial charge < -0.3 is 20.9 Å². The van der Waals surface area contributed by atoms with Crippen molar-refractivity contribution in [3.63, 3.8) is 0 Å². The third-order valence-electron chi connectivity index (χ3n) is 8.54. The monoisotopic (exact) mass is 591 g/mol. The van der Waals surface area contributed by atoms with E-state index in [2.05, 4.69) is 20.9 Å². The zero-order chi connectivity index (χ0) is 30.7. The fourth-order valence-electron chi connectivity index (χ4n) is 6.30. The Labute approximate surface area is 256 Å². The molecule has 1 aliphatic heterocycles.